The van der Waals surface area contributed by atoms with Gasteiger partial charge < -0.3 is 10.1 Å². The number of methoxy groups -OCH3 is 1. The second-order valence-corrected chi connectivity index (χ2v) is 14.1. The maximum Gasteiger partial charge on any atom is 0.319 e. The number of benzene rings is 3. The Bertz CT molecular complexity index is 1670. The SMILES string of the molecule is COC(=O)CN1CCC2(CC1)c1cc(C(=O)NCc3ccccc3Cl)ccc1N(S(=O)(=O)c1ccc(F)cc1)C2C1CCC1. The zero-order valence-electron chi connectivity index (χ0n) is 24.5. The molecule has 2 fully saturated rings. The van der Waals surface area contributed by atoms with E-state index < -0.39 is 21.3 Å². The Hall–Kier alpha value is -3.47. The van der Waals surface area contributed by atoms with E-state index >= 15 is 0 Å². The van der Waals surface area contributed by atoms with Crippen molar-refractivity contribution in [1.82, 2.24) is 10.2 Å². The van der Waals surface area contributed by atoms with Crippen LogP contribution >= 0.6 is 11.6 Å². The van der Waals surface area contributed by atoms with Crippen molar-refractivity contribution >= 4 is 39.2 Å². The lowest BCUT2D eigenvalue weighted by molar-refractivity contribution is -0.142. The summed E-state index contributed by atoms with van der Waals surface area (Å²) in [6.45, 7) is 1.56. The van der Waals surface area contributed by atoms with Crippen LogP contribution in [0, 0.1) is 11.7 Å². The standard InChI is InChI=1S/C33H35ClFN3O5S/c1-43-30(39)21-37-17-15-33(16-18-37)27-19-23(32(40)36-20-24-5-2-3-8-28(24)34)9-14-29(27)38(31(33)22-6-4-7-22)44(41,42)26-12-10-25(35)11-13-26/h2-3,5,8-14,19,22,31H,4,6-7,15-18,20-21H2,1H3,(H,36,40). The van der Waals surface area contributed by atoms with Crippen molar-refractivity contribution in [1.29, 1.82) is 0 Å². The smallest absolute Gasteiger partial charge is 0.319 e. The second-order valence-electron chi connectivity index (χ2n) is 11.9. The third kappa shape index (κ3) is 5.48. The largest absolute Gasteiger partial charge is 0.468 e. The maximum atomic E-state index is 14.4. The highest BCUT2D eigenvalue weighted by Gasteiger charge is 2.58. The number of piperidine rings is 1. The summed E-state index contributed by atoms with van der Waals surface area (Å²) < 4.78 is 49.0. The van der Waals surface area contributed by atoms with E-state index in [0.29, 0.717) is 42.2 Å². The van der Waals surface area contributed by atoms with Crippen LogP contribution in [-0.4, -0.2) is 58.0 Å². The molecule has 44 heavy (non-hydrogen) atoms. The Kier molecular flexibility index (Phi) is 8.43. The molecule has 0 aromatic heterocycles. The van der Waals surface area contributed by atoms with Gasteiger partial charge in [0.2, 0.25) is 0 Å². The molecule has 1 N–H and O–H groups in total. The number of halogens is 2. The molecule has 232 valence electrons. The van der Waals surface area contributed by atoms with Gasteiger partial charge >= 0.3 is 5.97 Å². The van der Waals surface area contributed by atoms with Gasteiger partial charge in [-0.1, -0.05) is 36.2 Å². The van der Waals surface area contributed by atoms with E-state index in [-0.39, 0.29) is 41.8 Å². The fourth-order valence-corrected chi connectivity index (χ4v) is 9.04. The first-order chi connectivity index (χ1) is 21.1. The molecule has 1 spiro atoms. The lowest BCUT2D eigenvalue weighted by Gasteiger charge is -2.49. The van der Waals surface area contributed by atoms with Gasteiger partial charge in [-0.05, 0) is 104 Å². The van der Waals surface area contributed by atoms with Crippen LogP contribution in [0.2, 0.25) is 5.02 Å². The summed E-state index contributed by atoms with van der Waals surface area (Å²) >= 11 is 6.30. The number of rotatable bonds is 8. The van der Waals surface area contributed by atoms with Crippen molar-refractivity contribution < 1.29 is 27.1 Å². The Balaban J connectivity index is 1.41. The first-order valence-electron chi connectivity index (χ1n) is 14.9. The summed E-state index contributed by atoms with van der Waals surface area (Å²) in [5.41, 5.74) is 2.03. The van der Waals surface area contributed by atoms with Gasteiger partial charge in [0, 0.05) is 22.5 Å². The monoisotopic (exact) mass is 639 g/mol. The third-order valence-corrected chi connectivity index (χ3v) is 11.7. The lowest BCUT2D eigenvalue weighted by atomic mass is 9.62. The van der Waals surface area contributed by atoms with Gasteiger partial charge in [0.25, 0.3) is 15.9 Å². The third-order valence-electron chi connectivity index (χ3n) is 9.54. The fourth-order valence-electron chi connectivity index (χ4n) is 7.04. The van der Waals surface area contributed by atoms with Gasteiger partial charge in [0.05, 0.1) is 30.3 Å². The number of carbonyl (C=O) groups is 2. The minimum Gasteiger partial charge on any atom is -0.468 e. The van der Waals surface area contributed by atoms with Gasteiger partial charge in [-0.3, -0.25) is 18.8 Å². The summed E-state index contributed by atoms with van der Waals surface area (Å²) in [5.74, 6) is -0.988. The van der Waals surface area contributed by atoms with Crippen molar-refractivity contribution in [2.45, 2.75) is 55.0 Å². The van der Waals surface area contributed by atoms with Crippen molar-refractivity contribution in [2.24, 2.45) is 5.92 Å². The quantitative estimate of drug-likeness (QED) is 0.337. The van der Waals surface area contributed by atoms with Gasteiger partial charge in [0.15, 0.2) is 0 Å². The number of likely N-dealkylation sites (tertiary alicyclic amines) is 1. The molecular formula is C33H35ClFN3O5S. The van der Waals surface area contributed by atoms with Crippen LogP contribution in [0.5, 0.6) is 0 Å². The van der Waals surface area contributed by atoms with Gasteiger partial charge in [0.1, 0.15) is 5.82 Å². The van der Waals surface area contributed by atoms with E-state index in [1.54, 1.807) is 22.5 Å². The fraction of sp³-hybridized carbons (Fsp3) is 0.394. The van der Waals surface area contributed by atoms with Crippen LogP contribution in [0.3, 0.4) is 0 Å². The summed E-state index contributed by atoms with van der Waals surface area (Å²) in [4.78, 5) is 27.6. The van der Waals surface area contributed by atoms with E-state index in [4.69, 9.17) is 16.3 Å². The maximum absolute atomic E-state index is 14.4. The molecule has 1 atom stereocenters. The van der Waals surface area contributed by atoms with Crippen LogP contribution in [0.1, 0.15) is 53.6 Å². The molecule has 0 radical (unpaired) electrons. The number of anilines is 1. The Morgan fingerprint density at radius 2 is 1.75 bits per heavy atom. The van der Waals surface area contributed by atoms with E-state index in [0.717, 1.165) is 42.5 Å². The van der Waals surface area contributed by atoms with Crippen LogP contribution in [-0.2, 0) is 31.5 Å². The number of nitrogens with zero attached hydrogens (tertiary/aromatic N) is 2. The topological polar surface area (TPSA) is 96.0 Å². The van der Waals surface area contributed by atoms with E-state index in [1.165, 1.54) is 19.2 Å². The molecule has 1 saturated heterocycles. The molecule has 1 saturated carbocycles. The van der Waals surface area contributed by atoms with Crippen molar-refractivity contribution in [3.05, 3.63) is 94.3 Å². The lowest BCUT2D eigenvalue weighted by Crippen LogP contribution is -2.57. The molecular weight excluding hydrogens is 605 g/mol. The normalized spacial score (nSPS) is 19.8. The van der Waals surface area contributed by atoms with Crippen LogP contribution in [0.25, 0.3) is 0 Å². The van der Waals surface area contributed by atoms with Gasteiger partial charge in [-0.15, -0.1) is 0 Å². The van der Waals surface area contributed by atoms with Crippen molar-refractivity contribution in [3.63, 3.8) is 0 Å². The molecule has 2 heterocycles. The highest BCUT2D eigenvalue weighted by molar-refractivity contribution is 7.92. The van der Waals surface area contributed by atoms with E-state index in [2.05, 4.69) is 5.32 Å². The molecule has 2 aliphatic heterocycles. The predicted octanol–water partition coefficient (Wildman–Crippen LogP) is 5.29. The zero-order valence-corrected chi connectivity index (χ0v) is 26.0. The molecule has 3 aliphatic rings. The first-order valence-corrected chi connectivity index (χ1v) is 16.7. The Labute approximate surface area is 262 Å². The second kappa shape index (κ2) is 12.1. The molecule has 3 aromatic carbocycles. The molecule has 1 aliphatic carbocycles. The molecule has 8 nitrogen and oxygen atoms in total. The number of amides is 1. The molecule has 11 heteroatoms. The summed E-state index contributed by atoms with van der Waals surface area (Å²) in [6.07, 6.45) is 4.03. The first kappa shape index (κ1) is 30.6. The number of carbonyl (C=O) groups excluding carboxylic acids is 2. The average Bonchev–Trinajstić information content (AvgIpc) is 3.26. The molecule has 1 amide bonds. The van der Waals surface area contributed by atoms with Crippen LogP contribution < -0.4 is 9.62 Å². The molecule has 1 unspecified atom stereocenters. The predicted molar refractivity (Wildman–Crippen MR) is 166 cm³/mol. The van der Waals surface area contributed by atoms with Crippen molar-refractivity contribution in [3.8, 4) is 0 Å². The van der Waals surface area contributed by atoms with Crippen LogP contribution in [0.15, 0.2) is 71.6 Å². The minimum absolute atomic E-state index is 0.0240. The average molecular weight is 640 g/mol. The summed E-state index contributed by atoms with van der Waals surface area (Å²) in [6, 6.07) is 17.1. The summed E-state index contributed by atoms with van der Waals surface area (Å²) in [7, 11) is -2.71. The van der Waals surface area contributed by atoms with Gasteiger partial charge in [-0.2, -0.15) is 0 Å². The number of nitrogens with one attached hydrogen (secondary N) is 1. The number of fused-ring (bicyclic) bond motifs is 2. The molecule has 6 rings (SSSR count). The van der Waals surface area contributed by atoms with E-state index in [9.17, 15) is 22.4 Å². The van der Waals surface area contributed by atoms with Crippen LogP contribution in [0.4, 0.5) is 10.1 Å². The Morgan fingerprint density at radius 3 is 2.39 bits per heavy atom. The molecule has 3 aromatic rings. The number of ether oxygens (including phenoxy) is 1. The number of hydrogen-bond donors (Lipinski definition) is 1. The number of hydrogen-bond acceptors (Lipinski definition) is 6. The highest BCUT2D eigenvalue weighted by atomic mass is 35.5. The Morgan fingerprint density at radius 1 is 1.05 bits per heavy atom. The number of esters is 1. The summed E-state index contributed by atoms with van der Waals surface area (Å²) in [5, 5.41) is 3.51. The minimum atomic E-state index is -4.07. The van der Waals surface area contributed by atoms with E-state index in [1.807, 2.05) is 29.2 Å². The van der Waals surface area contributed by atoms with Gasteiger partial charge in [-0.25, -0.2) is 12.8 Å². The molecule has 0 bridgehead atoms. The highest BCUT2D eigenvalue weighted by Crippen LogP contribution is 2.57. The van der Waals surface area contributed by atoms with Crippen molar-refractivity contribution in [2.75, 3.05) is 31.0 Å². The number of sulfonamides is 1. The zero-order chi connectivity index (χ0) is 31.1.